The van der Waals surface area contributed by atoms with Gasteiger partial charge in [-0.1, -0.05) is 48.3 Å². The number of nitrogens with zero attached hydrogens (tertiary/aromatic N) is 2. The molecule has 2 N–H and O–H groups in total. The van der Waals surface area contributed by atoms with Crippen LogP contribution in [0.5, 0.6) is 0 Å². The number of halogens is 2. The van der Waals surface area contributed by atoms with Crippen LogP contribution in [-0.2, 0) is 13.5 Å². The molecule has 1 aromatic heterocycles. The largest absolute Gasteiger partial charge is 0.395 e. The zero-order chi connectivity index (χ0) is 14.0. The number of hydrogen-bond donors (Lipinski definition) is 1. The fourth-order valence-electron chi connectivity index (χ4n) is 1.78. The fourth-order valence-corrected chi connectivity index (χ4v) is 3.21. The molecule has 0 spiro atoms. The van der Waals surface area contributed by atoms with E-state index in [1.54, 1.807) is 16.8 Å². The molecule has 0 saturated heterocycles. The molecule has 6 heteroatoms. The van der Waals surface area contributed by atoms with E-state index in [4.69, 9.17) is 28.9 Å². The quantitative estimate of drug-likeness (QED) is 0.908. The molecule has 0 aliphatic rings. The number of nitrogens with two attached hydrogens (primary N) is 1. The van der Waals surface area contributed by atoms with E-state index in [1.807, 2.05) is 13.1 Å². The molecule has 0 saturated carbocycles. The lowest BCUT2D eigenvalue weighted by atomic mass is 10.2. The van der Waals surface area contributed by atoms with Crippen LogP contribution >= 0.6 is 35.0 Å². The first-order valence-electron chi connectivity index (χ1n) is 5.97. The van der Waals surface area contributed by atoms with Gasteiger partial charge in [0, 0.05) is 17.0 Å². The van der Waals surface area contributed by atoms with E-state index < -0.39 is 0 Å². The summed E-state index contributed by atoms with van der Waals surface area (Å²) in [6.07, 6.45) is 1.90. The van der Waals surface area contributed by atoms with Crippen LogP contribution in [0.15, 0.2) is 28.1 Å². The molecule has 2 aromatic rings. The molecule has 0 aliphatic carbocycles. The van der Waals surface area contributed by atoms with E-state index in [1.165, 1.54) is 11.8 Å². The van der Waals surface area contributed by atoms with Gasteiger partial charge in [0.05, 0.1) is 16.4 Å². The average molecular weight is 316 g/mol. The smallest absolute Gasteiger partial charge is 0.122 e. The number of aryl methyl sites for hydroxylation is 2. The fraction of sp³-hybridized carbons (Fsp3) is 0.308. The highest BCUT2D eigenvalue weighted by molar-refractivity contribution is 7.99. The van der Waals surface area contributed by atoms with Crippen LogP contribution in [0.4, 0.5) is 5.69 Å². The third-order valence-corrected chi connectivity index (χ3v) is 4.60. The molecule has 3 nitrogen and oxygen atoms in total. The van der Waals surface area contributed by atoms with Crippen molar-refractivity contribution in [3.8, 4) is 0 Å². The van der Waals surface area contributed by atoms with Gasteiger partial charge in [-0.05, 0) is 24.6 Å². The summed E-state index contributed by atoms with van der Waals surface area (Å²) in [5, 5.41) is 6.65. The number of hydrogen-bond acceptors (Lipinski definition) is 3. The van der Waals surface area contributed by atoms with Crippen molar-refractivity contribution in [3.63, 3.8) is 0 Å². The van der Waals surface area contributed by atoms with Crippen LogP contribution in [0.2, 0.25) is 10.0 Å². The van der Waals surface area contributed by atoms with Gasteiger partial charge in [0.2, 0.25) is 0 Å². The van der Waals surface area contributed by atoms with Gasteiger partial charge in [0.25, 0.3) is 0 Å². The molecule has 19 heavy (non-hydrogen) atoms. The molecular formula is C13H15Cl2N3S. The molecule has 0 radical (unpaired) electrons. The Balaban J connectivity index is 2.35. The third kappa shape index (κ3) is 3.19. The summed E-state index contributed by atoms with van der Waals surface area (Å²) in [4.78, 5) is 0.881. The Morgan fingerprint density at radius 1 is 1.37 bits per heavy atom. The number of benzene rings is 1. The minimum atomic E-state index is 0.654. The molecule has 0 unspecified atom stereocenters. The summed E-state index contributed by atoms with van der Waals surface area (Å²) in [7, 11) is 1.89. The maximum Gasteiger partial charge on any atom is 0.122 e. The van der Waals surface area contributed by atoms with Crippen LogP contribution in [0.1, 0.15) is 19.0 Å². The average Bonchev–Trinajstić information content (AvgIpc) is 2.62. The highest BCUT2D eigenvalue weighted by Gasteiger charge is 2.15. The molecule has 102 valence electrons. The maximum absolute atomic E-state index is 6.17. The SMILES string of the molecule is CCCc1nn(C)c(Sc2cc(Cl)ccc2Cl)c1N. The molecule has 0 aliphatic heterocycles. The Morgan fingerprint density at radius 3 is 2.79 bits per heavy atom. The highest BCUT2D eigenvalue weighted by Crippen LogP contribution is 2.38. The van der Waals surface area contributed by atoms with Gasteiger partial charge >= 0.3 is 0 Å². The van der Waals surface area contributed by atoms with E-state index in [0.717, 1.165) is 34.1 Å². The Bertz CT molecular complexity index is 596. The molecular weight excluding hydrogens is 301 g/mol. The van der Waals surface area contributed by atoms with Crippen LogP contribution in [-0.4, -0.2) is 9.78 Å². The summed E-state index contributed by atoms with van der Waals surface area (Å²) in [6, 6.07) is 5.38. The van der Waals surface area contributed by atoms with Gasteiger partial charge in [-0.15, -0.1) is 0 Å². The van der Waals surface area contributed by atoms with E-state index >= 15 is 0 Å². The van der Waals surface area contributed by atoms with E-state index in [2.05, 4.69) is 12.0 Å². The lowest BCUT2D eigenvalue weighted by Crippen LogP contribution is -1.94. The zero-order valence-electron chi connectivity index (χ0n) is 10.8. The molecule has 0 amide bonds. The lowest BCUT2D eigenvalue weighted by Gasteiger charge is -2.06. The van der Waals surface area contributed by atoms with Gasteiger partial charge in [0.15, 0.2) is 0 Å². The van der Waals surface area contributed by atoms with Crippen molar-refractivity contribution in [2.45, 2.75) is 29.7 Å². The molecule has 0 fully saturated rings. The lowest BCUT2D eigenvalue weighted by molar-refractivity contribution is 0.682. The van der Waals surface area contributed by atoms with Crippen LogP contribution in [0.25, 0.3) is 0 Å². The van der Waals surface area contributed by atoms with E-state index in [9.17, 15) is 0 Å². The predicted molar refractivity (Wildman–Crippen MR) is 82.2 cm³/mol. The Morgan fingerprint density at radius 2 is 2.11 bits per heavy atom. The van der Waals surface area contributed by atoms with Gasteiger partial charge in [-0.25, -0.2) is 0 Å². The first-order chi connectivity index (χ1) is 9.02. The van der Waals surface area contributed by atoms with Gasteiger partial charge in [0.1, 0.15) is 5.03 Å². The molecule has 0 atom stereocenters. The van der Waals surface area contributed by atoms with Crippen molar-refractivity contribution in [1.82, 2.24) is 9.78 Å². The summed E-state index contributed by atoms with van der Waals surface area (Å²) >= 11 is 13.6. The van der Waals surface area contributed by atoms with Crippen molar-refractivity contribution in [2.24, 2.45) is 7.05 Å². The summed E-state index contributed by atoms with van der Waals surface area (Å²) in [5.41, 5.74) is 7.81. The van der Waals surface area contributed by atoms with Crippen molar-refractivity contribution in [1.29, 1.82) is 0 Å². The van der Waals surface area contributed by atoms with Crippen molar-refractivity contribution >= 4 is 40.7 Å². The standard InChI is InChI=1S/C13H15Cl2N3S/c1-3-4-10-12(16)13(18(2)17-10)19-11-7-8(14)5-6-9(11)15/h5-7H,3-4,16H2,1-2H3. The Hall–Kier alpha value is -0.840. The molecule has 1 heterocycles. The Kier molecular flexibility index (Phi) is 4.66. The number of aromatic nitrogens is 2. The second-order valence-electron chi connectivity index (χ2n) is 4.22. The van der Waals surface area contributed by atoms with E-state index in [-0.39, 0.29) is 0 Å². The summed E-state index contributed by atoms with van der Waals surface area (Å²) in [5.74, 6) is 0. The second kappa shape index (κ2) is 6.07. The Labute approximate surface area is 127 Å². The maximum atomic E-state index is 6.17. The summed E-state index contributed by atoms with van der Waals surface area (Å²) in [6.45, 7) is 2.11. The van der Waals surface area contributed by atoms with Crippen LogP contribution in [0.3, 0.4) is 0 Å². The predicted octanol–water partition coefficient (Wildman–Crippen LogP) is 4.41. The minimum Gasteiger partial charge on any atom is -0.395 e. The number of anilines is 1. The highest BCUT2D eigenvalue weighted by atomic mass is 35.5. The molecule has 2 rings (SSSR count). The van der Waals surface area contributed by atoms with E-state index in [0.29, 0.717) is 10.0 Å². The first-order valence-corrected chi connectivity index (χ1v) is 7.54. The zero-order valence-corrected chi connectivity index (χ0v) is 13.1. The minimum absolute atomic E-state index is 0.654. The first kappa shape index (κ1) is 14.6. The van der Waals surface area contributed by atoms with Crippen molar-refractivity contribution in [2.75, 3.05) is 5.73 Å². The van der Waals surface area contributed by atoms with Gasteiger partial charge < -0.3 is 5.73 Å². The van der Waals surface area contributed by atoms with Gasteiger partial charge in [-0.2, -0.15) is 5.10 Å². The summed E-state index contributed by atoms with van der Waals surface area (Å²) < 4.78 is 1.79. The third-order valence-electron chi connectivity index (χ3n) is 2.69. The monoisotopic (exact) mass is 315 g/mol. The normalized spacial score (nSPS) is 10.9. The second-order valence-corrected chi connectivity index (χ2v) is 6.09. The number of nitrogen functional groups attached to an aromatic ring is 1. The topological polar surface area (TPSA) is 43.8 Å². The molecule has 1 aromatic carbocycles. The number of rotatable bonds is 4. The van der Waals surface area contributed by atoms with Crippen LogP contribution in [0, 0.1) is 0 Å². The molecule has 0 bridgehead atoms. The van der Waals surface area contributed by atoms with Crippen LogP contribution < -0.4 is 5.73 Å². The van der Waals surface area contributed by atoms with Crippen molar-refractivity contribution < 1.29 is 0 Å². The van der Waals surface area contributed by atoms with Crippen molar-refractivity contribution in [3.05, 3.63) is 33.9 Å². The van der Waals surface area contributed by atoms with Gasteiger partial charge in [-0.3, -0.25) is 4.68 Å².